The Morgan fingerprint density at radius 2 is 0.701 bits per heavy atom. The smallest absolute Gasteiger partial charge is 0.325 e. The van der Waals surface area contributed by atoms with Crippen molar-refractivity contribution in [3.8, 4) is 0 Å². The van der Waals surface area contributed by atoms with Gasteiger partial charge in [0.1, 0.15) is 0 Å². The van der Waals surface area contributed by atoms with Crippen LogP contribution in [-0.4, -0.2) is 120 Å². The van der Waals surface area contributed by atoms with E-state index in [9.17, 15) is 19.2 Å². The lowest BCUT2D eigenvalue weighted by Gasteiger charge is -2.32. The number of hydrogen-bond donors (Lipinski definition) is 2. The second-order valence-corrected chi connectivity index (χ2v) is 19.2. The molecule has 0 fully saturated rings. The fourth-order valence-corrected chi connectivity index (χ4v) is 7.57. The SMILES string of the molecule is CCCCCCCC/C=C/CCCCCCCC(=O)OC(COC(=O)CCNCCCN(C)C)(COC(=O)CCNCCCN(C)C)OC(=O)CCCCCCC/C=C/CCCCCCCC. The summed E-state index contributed by atoms with van der Waals surface area (Å²) in [6, 6.07) is 0. The van der Waals surface area contributed by atoms with Gasteiger partial charge in [-0.2, -0.15) is 0 Å². The fourth-order valence-electron chi connectivity index (χ4n) is 7.57. The number of nitrogens with one attached hydrogen (secondary N) is 2. The standard InChI is InChI=1S/C55H104N4O8/c1-7-9-11-13-15-17-19-21-23-25-27-29-31-33-35-39-53(62)66-55(49-64-51(60)41-45-56-43-37-47-58(3)4,50-65-52(61)42-46-57-44-38-48-59(5)6)67-54(63)40-36-34-32-30-28-26-24-22-20-18-16-14-12-10-8-2/h21-24,56-57H,7-20,25-50H2,1-6H3/b23-21+,24-22+. The van der Waals surface area contributed by atoms with Crippen LogP contribution in [0.1, 0.15) is 219 Å². The van der Waals surface area contributed by atoms with E-state index in [1.807, 2.05) is 28.2 Å². The van der Waals surface area contributed by atoms with Gasteiger partial charge in [-0.3, -0.25) is 19.2 Å². The lowest BCUT2D eigenvalue weighted by atomic mass is 10.1. The molecule has 2 N–H and O–H groups in total. The highest BCUT2D eigenvalue weighted by atomic mass is 16.8. The van der Waals surface area contributed by atoms with E-state index in [0.29, 0.717) is 25.9 Å². The van der Waals surface area contributed by atoms with Crippen LogP contribution in [0.15, 0.2) is 24.3 Å². The maximum atomic E-state index is 13.5. The molecule has 0 aliphatic heterocycles. The van der Waals surface area contributed by atoms with Crippen molar-refractivity contribution >= 4 is 23.9 Å². The minimum absolute atomic E-state index is 0.0725. The van der Waals surface area contributed by atoms with Crippen molar-refractivity contribution in [1.82, 2.24) is 20.4 Å². The first-order chi connectivity index (χ1) is 32.5. The van der Waals surface area contributed by atoms with Gasteiger partial charge in [0.2, 0.25) is 0 Å². The van der Waals surface area contributed by atoms with Gasteiger partial charge in [0, 0.05) is 25.9 Å². The summed E-state index contributed by atoms with van der Waals surface area (Å²) < 4.78 is 23.1. The van der Waals surface area contributed by atoms with Crippen LogP contribution >= 0.6 is 0 Å². The molecular formula is C55H104N4O8. The van der Waals surface area contributed by atoms with Crippen molar-refractivity contribution in [3.05, 3.63) is 24.3 Å². The predicted molar refractivity (Wildman–Crippen MR) is 277 cm³/mol. The van der Waals surface area contributed by atoms with Crippen molar-refractivity contribution in [2.45, 2.75) is 225 Å². The van der Waals surface area contributed by atoms with Crippen LogP contribution in [-0.2, 0) is 38.1 Å². The third-order valence-corrected chi connectivity index (χ3v) is 11.7. The summed E-state index contributed by atoms with van der Waals surface area (Å²) >= 11 is 0. The molecule has 0 saturated heterocycles. The quantitative estimate of drug-likeness (QED) is 0.0198. The zero-order chi connectivity index (χ0) is 49.3. The molecule has 0 aromatic rings. The van der Waals surface area contributed by atoms with E-state index in [0.717, 1.165) is 116 Å². The van der Waals surface area contributed by atoms with Gasteiger partial charge >= 0.3 is 29.7 Å². The van der Waals surface area contributed by atoms with Crippen molar-refractivity contribution < 1.29 is 38.1 Å². The molecule has 0 rings (SSSR count). The minimum Gasteiger partial charge on any atom is -0.457 e. The van der Waals surface area contributed by atoms with Crippen LogP contribution in [0.2, 0.25) is 0 Å². The molecule has 0 unspecified atom stereocenters. The summed E-state index contributed by atoms with van der Waals surface area (Å²) in [4.78, 5) is 57.1. The van der Waals surface area contributed by atoms with Gasteiger partial charge < -0.3 is 39.4 Å². The monoisotopic (exact) mass is 949 g/mol. The van der Waals surface area contributed by atoms with Gasteiger partial charge in [-0.05, 0) is 131 Å². The molecular weight excluding hydrogens is 845 g/mol. The number of carbonyl (C=O) groups excluding carboxylic acids is 4. The summed E-state index contributed by atoms with van der Waals surface area (Å²) in [7, 11) is 8.06. The number of carbonyl (C=O) groups is 4. The lowest BCUT2D eigenvalue weighted by Crippen LogP contribution is -2.49. The van der Waals surface area contributed by atoms with Crippen LogP contribution in [0.5, 0.6) is 0 Å². The lowest BCUT2D eigenvalue weighted by molar-refractivity contribution is -0.259. The van der Waals surface area contributed by atoms with E-state index in [-0.39, 0.29) is 25.7 Å². The largest absolute Gasteiger partial charge is 0.457 e. The maximum Gasteiger partial charge on any atom is 0.325 e. The second-order valence-electron chi connectivity index (χ2n) is 19.2. The molecule has 0 aromatic carbocycles. The zero-order valence-electron chi connectivity index (χ0n) is 44.3. The molecule has 12 nitrogen and oxygen atoms in total. The van der Waals surface area contributed by atoms with Crippen molar-refractivity contribution in [2.24, 2.45) is 0 Å². The summed E-state index contributed by atoms with van der Waals surface area (Å²) in [6.07, 6.45) is 41.0. The maximum absolute atomic E-state index is 13.5. The first-order valence-corrected chi connectivity index (χ1v) is 27.3. The predicted octanol–water partition coefficient (Wildman–Crippen LogP) is 11.8. The molecule has 0 aromatic heterocycles. The molecule has 0 saturated carbocycles. The van der Waals surface area contributed by atoms with E-state index in [2.05, 4.69) is 58.6 Å². The fraction of sp³-hybridized carbons (Fsp3) is 0.855. The Hall–Kier alpha value is -2.80. The van der Waals surface area contributed by atoms with E-state index in [1.54, 1.807) is 0 Å². The van der Waals surface area contributed by atoms with Crippen LogP contribution < -0.4 is 10.6 Å². The molecule has 392 valence electrons. The van der Waals surface area contributed by atoms with Crippen LogP contribution in [0, 0.1) is 0 Å². The summed E-state index contributed by atoms with van der Waals surface area (Å²) in [6.45, 7) is 7.51. The minimum atomic E-state index is -2.10. The highest BCUT2D eigenvalue weighted by Crippen LogP contribution is 2.21. The van der Waals surface area contributed by atoms with Gasteiger partial charge in [0.15, 0.2) is 13.2 Å². The number of nitrogens with zero attached hydrogens (tertiary/aromatic N) is 2. The van der Waals surface area contributed by atoms with Crippen LogP contribution in [0.25, 0.3) is 0 Å². The van der Waals surface area contributed by atoms with Crippen molar-refractivity contribution in [1.29, 1.82) is 0 Å². The zero-order valence-corrected chi connectivity index (χ0v) is 44.3. The van der Waals surface area contributed by atoms with Gasteiger partial charge in [0.25, 0.3) is 0 Å². The summed E-state index contributed by atoms with van der Waals surface area (Å²) in [5, 5.41) is 6.50. The molecule has 0 atom stereocenters. The summed E-state index contributed by atoms with van der Waals surface area (Å²) in [5.41, 5.74) is 0. The molecule has 0 radical (unpaired) electrons. The Kier molecular flexibility index (Phi) is 46.2. The Morgan fingerprint density at radius 3 is 1.03 bits per heavy atom. The third kappa shape index (κ3) is 46.7. The van der Waals surface area contributed by atoms with Crippen LogP contribution in [0.3, 0.4) is 0 Å². The van der Waals surface area contributed by atoms with Gasteiger partial charge in [-0.25, -0.2) is 0 Å². The highest BCUT2D eigenvalue weighted by molar-refractivity contribution is 5.73. The van der Waals surface area contributed by atoms with E-state index >= 15 is 0 Å². The van der Waals surface area contributed by atoms with Crippen molar-refractivity contribution in [2.75, 3.05) is 80.7 Å². The third-order valence-electron chi connectivity index (χ3n) is 11.7. The number of rotatable bonds is 50. The van der Waals surface area contributed by atoms with E-state index < -0.39 is 42.9 Å². The number of allylic oxidation sites excluding steroid dienone is 4. The van der Waals surface area contributed by atoms with Crippen molar-refractivity contribution in [3.63, 3.8) is 0 Å². The Morgan fingerprint density at radius 1 is 0.388 bits per heavy atom. The van der Waals surface area contributed by atoms with Gasteiger partial charge in [-0.15, -0.1) is 0 Å². The first kappa shape index (κ1) is 64.2. The Bertz CT molecular complexity index is 1130. The van der Waals surface area contributed by atoms with E-state index in [1.165, 1.54) is 77.0 Å². The molecule has 0 heterocycles. The number of unbranched alkanes of at least 4 members (excludes halogenated alkanes) is 22. The second kappa shape index (κ2) is 48.2. The molecule has 0 bridgehead atoms. The number of ether oxygens (including phenoxy) is 4. The molecule has 0 aliphatic rings. The Labute approximate surface area is 411 Å². The average molecular weight is 949 g/mol. The topological polar surface area (TPSA) is 136 Å². The number of hydrogen-bond acceptors (Lipinski definition) is 12. The molecule has 67 heavy (non-hydrogen) atoms. The normalized spacial score (nSPS) is 11.9. The first-order valence-electron chi connectivity index (χ1n) is 27.3. The summed E-state index contributed by atoms with van der Waals surface area (Å²) in [5.74, 6) is -4.37. The van der Waals surface area contributed by atoms with Crippen LogP contribution in [0.4, 0.5) is 0 Å². The van der Waals surface area contributed by atoms with E-state index in [4.69, 9.17) is 18.9 Å². The van der Waals surface area contributed by atoms with Gasteiger partial charge in [0.05, 0.1) is 12.8 Å². The van der Waals surface area contributed by atoms with Gasteiger partial charge in [-0.1, -0.05) is 141 Å². The molecule has 12 heteroatoms. The Balaban J connectivity index is 5.40. The highest BCUT2D eigenvalue weighted by Gasteiger charge is 2.42. The molecule has 0 aliphatic carbocycles. The number of esters is 4. The molecule has 0 amide bonds. The molecule has 0 spiro atoms. The average Bonchev–Trinajstić information content (AvgIpc) is 3.29.